The second kappa shape index (κ2) is 13.8. The Morgan fingerprint density at radius 3 is 1.72 bits per heavy atom. The zero-order valence-electron chi connectivity index (χ0n) is 22.2. The van der Waals surface area contributed by atoms with Crippen molar-refractivity contribution in [1.29, 1.82) is 0 Å². The molecule has 212 valence electrons. The monoisotopic (exact) mass is 552 g/mol. The third-order valence-corrected chi connectivity index (χ3v) is 6.45. The Labute approximate surface area is 226 Å². The number of unbranched alkanes of at least 4 members (excludes halogenated alkanes) is 5. The van der Waals surface area contributed by atoms with Gasteiger partial charge >= 0.3 is 12.2 Å². The molecule has 8 heteroatoms. The fraction of sp³-hybridized carbons (Fsp3) is 0.419. The lowest BCUT2D eigenvalue weighted by Crippen LogP contribution is -2.25. The highest BCUT2D eigenvalue weighted by Gasteiger charge is 2.40. The molecule has 0 aliphatic heterocycles. The summed E-state index contributed by atoms with van der Waals surface area (Å²) in [6.07, 6.45) is -0.223. The predicted molar refractivity (Wildman–Crippen MR) is 139 cm³/mol. The number of aryl methyl sites for hydroxylation is 2. The maximum atomic E-state index is 14.7. The van der Waals surface area contributed by atoms with Crippen LogP contribution >= 0.6 is 0 Å². The molecular formula is C31H34F6O2. The minimum atomic E-state index is -4.23. The average Bonchev–Trinajstić information content (AvgIpc) is 2.90. The molecule has 0 radical (unpaired) electrons. The first-order valence-electron chi connectivity index (χ1n) is 13.4. The van der Waals surface area contributed by atoms with Gasteiger partial charge in [0, 0.05) is 0 Å². The summed E-state index contributed by atoms with van der Waals surface area (Å²) in [6.45, 7) is 4.08. The van der Waals surface area contributed by atoms with Crippen molar-refractivity contribution in [3.63, 3.8) is 0 Å². The van der Waals surface area contributed by atoms with Crippen LogP contribution in [0.25, 0.3) is 0 Å². The molecule has 3 rings (SSSR count). The summed E-state index contributed by atoms with van der Waals surface area (Å²) in [7, 11) is 0. The largest absolute Gasteiger partial charge is 0.429 e. The second-order valence-corrected chi connectivity index (χ2v) is 9.57. The van der Waals surface area contributed by atoms with Gasteiger partial charge in [-0.3, -0.25) is 0 Å². The summed E-state index contributed by atoms with van der Waals surface area (Å²) in [5, 5.41) is 0. The number of hydrogen-bond donors (Lipinski definition) is 0. The Balaban J connectivity index is 1.64. The number of alkyl halides is 4. The van der Waals surface area contributed by atoms with Crippen LogP contribution in [-0.4, -0.2) is 0 Å². The normalized spacial score (nSPS) is 12.0. The van der Waals surface area contributed by atoms with Gasteiger partial charge < -0.3 is 9.47 Å². The van der Waals surface area contributed by atoms with Crippen molar-refractivity contribution in [2.45, 2.75) is 83.9 Å². The first-order valence-corrected chi connectivity index (χ1v) is 13.4. The quantitative estimate of drug-likeness (QED) is 0.138. The fourth-order valence-corrected chi connectivity index (χ4v) is 4.18. The van der Waals surface area contributed by atoms with E-state index in [0.29, 0.717) is 6.42 Å². The third-order valence-electron chi connectivity index (χ3n) is 6.45. The van der Waals surface area contributed by atoms with Crippen LogP contribution in [-0.2, 0) is 25.1 Å². The van der Waals surface area contributed by atoms with E-state index in [1.54, 1.807) is 12.1 Å². The van der Waals surface area contributed by atoms with E-state index < -0.39 is 40.7 Å². The van der Waals surface area contributed by atoms with Gasteiger partial charge in [0.25, 0.3) is 0 Å². The lowest BCUT2D eigenvalue weighted by Gasteiger charge is -2.21. The summed E-state index contributed by atoms with van der Waals surface area (Å²) < 4.78 is 97.1. The third kappa shape index (κ3) is 8.41. The Hall–Kier alpha value is -3.16. The van der Waals surface area contributed by atoms with Crippen LogP contribution < -0.4 is 9.47 Å². The molecule has 0 atom stereocenters. The van der Waals surface area contributed by atoms with Crippen LogP contribution in [0.3, 0.4) is 0 Å². The SMILES string of the molecule is CCCCCCc1ccc(OC(F)(F)c2ccc(OC(F)(F)c3ccc(CCCCC)c(F)c3F)cc2)cc1. The van der Waals surface area contributed by atoms with Gasteiger partial charge in [0.05, 0.1) is 5.56 Å². The van der Waals surface area contributed by atoms with Crippen molar-refractivity contribution >= 4 is 0 Å². The lowest BCUT2D eigenvalue weighted by molar-refractivity contribution is -0.188. The van der Waals surface area contributed by atoms with E-state index in [2.05, 4.69) is 11.7 Å². The van der Waals surface area contributed by atoms with E-state index >= 15 is 0 Å². The summed E-state index contributed by atoms with van der Waals surface area (Å²) >= 11 is 0. The van der Waals surface area contributed by atoms with Crippen molar-refractivity contribution < 1.29 is 35.8 Å². The van der Waals surface area contributed by atoms with Gasteiger partial charge in [0.1, 0.15) is 17.1 Å². The van der Waals surface area contributed by atoms with Crippen molar-refractivity contribution in [2.24, 2.45) is 0 Å². The Morgan fingerprint density at radius 2 is 1.10 bits per heavy atom. The molecule has 3 aromatic rings. The highest BCUT2D eigenvalue weighted by Crippen LogP contribution is 2.37. The molecule has 0 spiro atoms. The predicted octanol–water partition coefficient (Wildman–Crippen LogP) is 10.1. The Morgan fingerprint density at radius 1 is 0.564 bits per heavy atom. The van der Waals surface area contributed by atoms with Gasteiger partial charge in [-0.15, -0.1) is 0 Å². The molecule has 2 nitrogen and oxygen atoms in total. The van der Waals surface area contributed by atoms with Crippen LogP contribution in [0.1, 0.15) is 81.0 Å². The molecule has 0 saturated heterocycles. The number of hydrogen-bond acceptors (Lipinski definition) is 2. The van der Waals surface area contributed by atoms with E-state index in [0.717, 1.165) is 86.9 Å². The highest BCUT2D eigenvalue weighted by molar-refractivity contribution is 5.34. The van der Waals surface area contributed by atoms with Gasteiger partial charge in [0.15, 0.2) is 11.6 Å². The average molecular weight is 553 g/mol. The molecule has 0 aromatic heterocycles. The zero-order valence-corrected chi connectivity index (χ0v) is 22.2. The van der Waals surface area contributed by atoms with E-state index in [1.807, 2.05) is 6.92 Å². The van der Waals surface area contributed by atoms with Crippen molar-refractivity contribution in [3.8, 4) is 11.5 Å². The van der Waals surface area contributed by atoms with E-state index in [1.165, 1.54) is 12.1 Å². The molecule has 0 N–H and O–H groups in total. The van der Waals surface area contributed by atoms with E-state index in [-0.39, 0.29) is 17.7 Å². The topological polar surface area (TPSA) is 18.5 Å². The molecular weight excluding hydrogens is 518 g/mol. The van der Waals surface area contributed by atoms with Gasteiger partial charge in [0.2, 0.25) is 0 Å². The number of rotatable bonds is 15. The van der Waals surface area contributed by atoms with Crippen LogP contribution in [0.4, 0.5) is 26.3 Å². The molecule has 0 aliphatic rings. The molecule has 0 amide bonds. The lowest BCUT2D eigenvalue weighted by atomic mass is 10.0. The van der Waals surface area contributed by atoms with E-state index in [9.17, 15) is 26.3 Å². The second-order valence-electron chi connectivity index (χ2n) is 9.57. The van der Waals surface area contributed by atoms with Crippen LogP contribution in [0.5, 0.6) is 11.5 Å². The van der Waals surface area contributed by atoms with Crippen molar-refractivity contribution in [2.75, 3.05) is 0 Å². The highest BCUT2D eigenvalue weighted by atomic mass is 19.3. The minimum Gasteiger partial charge on any atom is -0.429 e. The number of benzene rings is 3. The summed E-state index contributed by atoms with van der Waals surface area (Å²) in [5.41, 5.74) is -0.832. The molecule has 0 unspecified atom stereocenters. The minimum absolute atomic E-state index is 0.00805. The Bertz CT molecular complexity index is 1180. The van der Waals surface area contributed by atoms with Crippen LogP contribution in [0.2, 0.25) is 0 Å². The molecule has 0 bridgehead atoms. The zero-order chi connectivity index (χ0) is 28.5. The first-order chi connectivity index (χ1) is 18.6. The Kier molecular flexibility index (Phi) is 10.7. The number of halogens is 6. The van der Waals surface area contributed by atoms with Crippen LogP contribution in [0, 0.1) is 11.6 Å². The van der Waals surface area contributed by atoms with Crippen LogP contribution in [0.15, 0.2) is 60.7 Å². The summed E-state index contributed by atoms with van der Waals surface area (Å²) in [4.78, 5) is 0. The standard InChI is InChI=1S/C31H34F6O2/c1-3-5-7-9-10-22-12-17-25(18-13-22)38-30(34,35)24-15-19-26(20-16-24)39-31(36,37)27-21-14-23(11-8-6-4-2)28(32)29(27)33/h12-21H,3-11H2,1-2H3. The summed E-state index contributed by atoms with van der Waals surface area (Å²) in [5.74, 6) is -3.58. The molecule has 0 heterocycles. The van der Waals surface area contributed by atoms with Gasteiger partial charge in [-0.25, -0.2) is 8.78 Å². The number of ether oxygens (including phenoxy) is 2. The maximum Gasteiger partial charge on any atom is 0.429 e. The fourth-order valence-electron chi connectivity index (χ4n) is 4.18. The molecule has 0 saturated carbocycles. The molecule has 3 aromatic carbocycles. The van der Waals surface area contributed by atoms with Gasteiger partial charge in [-0.1, -0.05) is 64.2 Å². The van der Waals surface area contributed by atoms with Crippen molar-refractivity contribution in [1.82, 2.24) is 0 Å². The molecule has 0 aliphatic carbocycles. The smallest absolute Gasteiger partial charge is 0.429 e. The van der Waals surface area contributed by atoms with Crippen molar-refractivity contribution in [3.05, 3.63) is 94.6 Å². The molecule has 0 fully saturated rings. The maximum absolute atomic E-state index is 14.7. The van der Waals surface area contributed by atoms with Gasteiger partial charge in [-0.05, 0) is 79.3 Å². The van der Waals surface area contributed by atoms with Gasteiger partial charge in [-0.2, -0.15) is 17.6 Å². The first kappa shape index (κ1) is 30.4. The summed E-state index contributed by atoms with van der Waals surface area (Å²) in [6, 6.07) is 11.8. The molecule has 39 heavy (non-hydrogen) atoms. The van der Waals surface area contributed by atoms with E-state index in [4.69, 9.17) is 4.74 Å².